The first-order chi connectivity index (χ1) is 6.56. The van der Waals surface area contributed by atoms with Gasteiger partial charge < -0.3 is 0 Å². The van der Waals surface area contributed by atoms with Crippen LogP contribution >= 0.6 is 11.3 Å². The molecule has 0 bridgehead atoms. The van der Waals surface area contributed by atoms with Gasteiger partial charge in [-0.1, -0.05) is 0 Å². The van der Waals surface area contributed by atoms with Crippen LogP contribution in [0.2, 0.25) is 0 Å². The SMILES string of the molecule is CS(=O)(=O)NC(c1nccs1)C1CC1. The van der Waals surface area contributed by atoms with Crippen LogP contribution in [0.25, 0.3) is 0 Å². The van der Waals surface area contributed by atoms with Crippen molar-refractivity contribution in [2.45, 2.75) is 18.9 Å². The summed E-state index contributed by atoms with van der Waals surface area (Å²) in [5.41, 5.74) is 0. The third kappa shape index (κ3) is 2.52. The first-order valence-corrected chi connectivity index (χ1v) is 7.20. The van der Waals surface area contributed by atoms with Crippen LogP contribution in [-0.2, 0) is 10.0 Å². The highest BCUT2D eigenvalue weighted by molar-refractivity contribution is 7.88. The van der Waals surface area contributed by atoms with Crippen molar-refractivity contribution in [1.29, 1.82) is 0 Å². The molecule has 78 valence electrons. The summed E-state index contributed by atoms with van der Waals surface area (Å²) in [6, 6.07) is -0.106. The average Bonchev–Trinajstić information content (AvgIpc) is 2.75. The van der Waals surface area contributed by atoms with Crippen molar-refractivity contribution in [3.8, 4) is 0 Å². The van der Waals surface area contributed by atoms with E-state index in [0.29, 0.717) is 5.92 Å². The molecule has 1 heterocycles. The van der Waals surface area contributed by atoms with Gasteiger partial charge in [0.05, 0.1) is 12.3 Å². The molecule has 6 heteroatoms. The van der Waals surface area contributed by atoms with Crippen LogP contribution in [-0.4, -0.2) is 19.7 Å². The normalized spacial score (nSPS) is 19.5. The topological polar surface area (TPSA) is 59.1 Å². The molecule has 0 radical (unpaired) electrons. The summed E-state index contributed by atoms with van der Waals surface area (Å²) in [4.78, 5) is 4.15. The third-order valence-corrected chi connectivity index (χ3v) is 3.69. The molecule has 0 spiro atoms. The Morgan fingerprint density at radius 1 is 1.64 bits per heavy atom. The van der Waals surface area contributed by atoms with E-state index in [-0.39, 0.29) is 6.04 Å². The second kappa shape index (κ2) is 3.60. The van der Waals surface area contributed by atoms with Gasteiger partial charge in [0.1, 0.15) is 5.01 Å². The summed E-state index contributed by atoms with van der Waals surface area (Å²) in [5.74, 6) is 0.441. The molecule has 1 aromatic heterocycles. The average molecular weight is 232 g/mol. The van der Waals surface area contributed by atoms with Crippen LogP contribution in [0.5, 0.6) is 0 Å². The van der Waals surface area contributed by atoms with E-state index in [9.17, 15) is 8.42 Å². The number of hydrogen-bond donors (Lipinski definition) is 1. The van der Waals surface area contributed by atoms with Crippen LogP contribution in [0, 0.1) is 5.92 Å². The molecular formula is C8H12N2O2S2. The minimum Gasteiger partial charge on any atom is -0.248 e. The Morgan fingerprint density at radius 3 is 2.79 bits per heavy atom. The zero-order chi connectivity index (χ0) is 10.2. The molecule has 4 nitrogen and oxygen atoms in total. The van der Waals surface area contributed by atoms with Crippen molar-refractivity contribution in [3.63, 3.8) is 0 Å². The fraction of sp³-hybridized carbons (Fsp3) is 0.625. The van der Waals surface area contributed by atoms with Gasteiger partial charge in [-0.2, -0.15) is 0 Å². The maximum absolute atomic E-state index is 11.1. The molecule has 0 saturated heterocycles. The Hall–Kier alpha value is -0.460. The Balaban J connectivity index is 2.17. The molecule has 1 atom stereocenters. The van der Waals surface area contributed by atoms with Gasteiger partial charge in [0.2, 0.25) is 10.0 Å². The second-order valence-electron chi connectivity index (χ2n) is 3.58. The highest BCUT2D eigenvalue weighted by Crippen LogP contribution is 2.41. The molecule has 0 aromatic carbocycles. The van der Waals surface area contributed by atoms with Gasteiger partial charge in [0, 0.05) is 11.6 Å². The van der Waals surface area contributed by atoms with Crippen LogP contribution in [0.3, 0.4) is 0 Å². The summed E-state index contributed by atoms with van der Waals surface area (Å²) in [6.45, 7) is 0. The van der Waals surface area contributed by atoms with Crippen molar-refractivity contribution in [2.75, 3.05) is 6.26 Å². The largest absolute Gasteiger partial charge is 0.248 e. The number of nitrogens with one attached hydrogen (secondary N) is 1. The standard InChI is InChI=1S/C8H12N2O2S2/c1-14(11,12)10-7(6-2-3-6)8-9-4-5-13-8/h4-7,10H,2-3H2,1H3. The van der Waals surface area contributed by atoms with Crippen molar-refractivity contribution < 1.29 is 8.42 Å². The smallest absolute Gasteiger partial charge is 0.209 e. The number of sulfonamides is 1. The number of thiazole rings is 1. The van der Waals surface area contributed by atoms with E-state index in [4.69, 9.17) is 0 Å². The first-order valence-electron chi connectivity index (χ1n) is 4.43. The van der Waals surface area contributed by atoms with E-state index >= 15 is 0 Å². The van der Waals surface area contributed by atoms with Gasteiger partial charge in [0.15, 0.2) is 0 Å². The third-order valence-electron chi connectivity index (χ3n) is 2.15. The van der Waals surface area contributed by atoms with Gasteiger partial charge >= 0.3 is 0 Å². The predicted molar refractivity (Wildman–Crippen MR) is 55.6 cm³/mol. The van der Waals surface area contributed by atoms with Gasteiger partial charge in [-0.3, -0.25) is 0 Å². The minimum atomic E-state index is -3.14. The van der Waals surface area contributed by atoms with Crippen LogP contribution in [0.15, 0.2) is 11.6 Å². The van der Waals surface area contributed by atoms with Gasteiger partial charge in [0.25, 0.3) is 0 Å². The number of hydrogen-bond acceptors (Lipinski definition) is 4. The van der Waals surface area contributed by atoms with E-state index in [1.807, 2.05) is 5.38 Å². The summed E-state index contributed by atoms with van der Waals surface area (Å²) < 4.78 is 24.9. The Labute approximate surface area is 87.4 Å². The lowest BCUT2D eigenvalue weighted by Crippen LogP contribution is -2.28. The van der Waals surface area contributed by atoms with Crippen molar-refractivity contribution >= 4 is 21.4 Å². The van der Waals surface area contributed by atoms with E-state index in [1.54, 1.807) is 6.20 Å². The van der Waals surface area contributed by atoms with Crippen LogP contribution < -0.4 is 4.72 Å². The van der Waals surface area contributed by atoms with Crippen molar-refractivity contribution in [2.24, 2.45) is 5.92 Å². The summed E-state index contributed by atoms with van der Waals surface area (Å²) in [5, 5.41) is 2.74. The second-order valence-corrected chi connectivity index (χ2v) is 6.28. The van der Waals surface area contributed by atoms with E-state index < -0.39 is 10.0 Å². The Kier molecular flexibility index (Phi) is 2.59. The fourth-order valence-corrected chi connectivity index (χ4v) is 3.02. The Morgan fingerprint density at radius 2 is 2.36 bits per heavy atom. The lowest BCUT2D eigenvalue weighted by molar-refractivity contribution is 0.532. The van der Waals surface area contributed by atoms with Crippen molar-refractivity contribution in [1.82, 2.24) is 9.71 Å². The maximum atomic E-state index is 11.1. The van der Waals surface area contributed by atoms with Crippen molar-refractivity contribution in [3.05, 3.63) is 16.6 Å². The molecule has 1 unspecified atom stereocenters. The van der Waals surface area contributed by atoms with E-state index in [0.717, 1.165) is 17.8 Å². The maximum Gasteiger partial charge on any atom is 0.209 e. The van der Waals surface area contributed by atoms with E-state index in [1.165, 1.54) is 17.6 Å². The molecule has 1 aromatic rings. The summed E-state index contributed by atoms with van der Waals surface area (Å²) in [7, 11) is -3.14. The lowest BCUT2D eigenvalue weighted by atomic mass is 10.2. The number of rotatable bonds is 4. The summed E-state index contributed by atoms with van der Waals surface area (Å²) >= 11 is 1.50. The molecule has 1 aliphatic rings. The van der Waals surface area contributed by atoms with Crippen LogP contribution in [0.4, 0.5) is 0 Å². The van der Waals surface area contributed by atoms with Gasteiger partial charge in [-0.25, -0.2) is 18.1 Å². The molecule has 1 aliphatic carbocycles. The molecular weight excluding hydrogens is 220 g/mol. The van der Waals surface area contributed by atoms with Gasteiger partial charge in [-0.05, 0) is 18.8 Å². The minimum absolute atomic E-state index is 0.106. The number of nitrogens with zero attached hydrogens (tertiary/aromatic N) is 1. The zero-order valence-electron chi connectivity index (χ0n) is 7.80. The quantitative estimate of drug-likeness (QED) is 0.847. The highest BCUT2D eigenvalue weighted by atomic mass is 32.2. The Bertz CT molecular complexity index is 395. The molecule has 14 heavy (non-hydrogen) atoms. The molecule has 0 amide bonds. The highest BCUT2D eigenvalue weighted by Gasteiger charge is 2.35. The first kappa shape index (κ1) is 10.1. The van der Waals surface area contributed by atoms with Gasteiger partial charge in [-0.15, -0.1) is 11.3 Å². The molecule has 1 N–H and O–H groups in total. The molecule has 1 saturated carbocycles. The number of aromatic nitrogens is 1. The predicted octanol–water partition coefficient (Wildman–Crippen LogP) is 1.14. The van der Waals surface area contributed by atoms with Crippen LogP contribution in [0.1, 0.15) is 23.9 Å². The fourth-order valence-electron chi connectivity index (χ4n) is 1.40. The molecule has 1 fully saturated rings. The van der Waals surface area contributed by atoms with E-state index in [2.05, 4.69) is 9.71 Å². The zero-order valence-corrected chi connectivity index (χ0v) is 9.44. The molecule has 2 rings (SSSR count). The molecule has 0 aliphatic heterocycles. The summed E-state index contributed by atoms with van der Waals surface area (Å²) in [6.07, 6.45) is 5.08. The monoisotopic (exact) mass is 232 g/mol. The lowest BCUT2D eigenvalue weighted by Gasteiger charge is -2.13.